The second kappa shape index (κ2) is 7.64. The van der Waals surface area contributed by atoms with Crippen molar-refractivity contribution in [2.24, 2.45) is 5.73 Å². The van der Waals surface area contributed by atoms with Crippen molar-refractivity contribution in [1.82, 2.24) is 0 Å². The molecule has 92 valence electrons. The van der Waals surface area contributed by atoms with E-state index in [1.165, 1.54) is 18.9 Å². The maximum absolute atomic E-state index is 13.4. The number of aryl methyl sites for hydroxylation is 1. The SMILES string of the molecule is CCCCC[C@H](N)c1cc(C)ccc1F.Cl. The van der Waals surface area contributed by atoms with Crippen molar-refractivity contribution < 1.29 is 4.39 Å². The summed E-state index contributed by atoms with van der Waals surface area (Å²) in [5.74, 6) is -0.176. The van der Waals surface area contributed by atoms with Crippen molar-refractivity contribution in [1.29, 1.82) is 0 Å². The number of rotatable bonds is 5. The summed E-state index contributed by atoms with van der Waals surface area (Å²) in [7, 11) is 0. The summed E-state index contributed by atoms with van der Waals surface area (Å²) < 4.78 is 13.4. The lowest BCUT2D eigenvalue weighted by Crippen LogP contribution is -2.12. The van der Waals surface area contributed by atoms with E-state index in [1.807, 2.05) is 13.0 Å². The van der Waals surface area contributed by atoms with E-state index in [0.717, 1.165) is 18.4 Å². The summed E-state index contributed by atoms with van der Waals surface area (Å²) >= 11 is 0. The summed E-state index contributed by atoms with van der Waals surface area (Å²) in [6, 6.07) is 4.98. The molecular weight excluding hydrogens is 225 g/mol. The van der Waals surface area contributed by atoms with E-state index in [0.29, 0.717) is 5.56 Å². The van der Waals surface area contributed by atoms with Crippen molar-refractivity contribution in [3.8, 4) is 0 Å². The van der Waals surface area contributed by atoms with Gasteiger partial charge in [-0.25, -0.2) is 4.39 Å². The van der Waals surface area contributed by atoms with Crippen LogP contribution in [0, 0.1) is 12.7 Å². The molecule has 0 aliphatic heterocycles. The van der Waals surface area contributed by atoms with Gasteiger partial charge in [0.2, 0.25) is 0 Å². The molecule has 0 bridgehead atoms. The van der Waals surface area contributed by atoms with Crippen molar-refractivity contribution >= 4 is 12.4 Å². The molecule has 1 atom stereocenters. The highest BCUT2D eigenvalue weighted by Crippen LogP contribution is 2.21. The zero-order valence-electron chi connectivity index (χ0n) is 10.0. The number of hydrogen-bond donors (Lipinski definition) is 1. The Morgan fingerprint density at radius 1 is 1.31 bits per heavy atom. The third-order valence-electron chi connectivity index (χ3n) is 2.67. The summed E-state index contributed by atoms with van der Waals surface area (Å²) in [4.78, 5) is 0. The van der Waals surface area contributed by atoms with E-state index in [9.17, 15) is 4.39 Å². The molecule has 1 aromatic carbocycles. The fourth-order valence-electron chi connectivity index (χ4n) is 1.72. The molecule has 0 aliphatic rings. The summed E-state index contributed by atoms with van der Waals surface area (Å²) in [6.45, 7) is 4.11. The van der Waals surface area contributed by atoms with E-state index in [-0.39, 0.29) is 24.3 Å². The Bertz CT molecular complexity index is 315. The van der Waals surface area contributed by atoms with Gasteiger partial charge in [0.05, 0.1) is 0 Å². The Hall–Kier alpha value is -0.600. The lowest BCUT2D eigenvalue weighted by Gasteiger charge is -2.13. The molecule has 2 N–H and O–H groups in total. The van der Waals surface area contributed by atoms with E-state index < -0.39 is 0 Å². The Kier molecular flexibility index (Phi) is 7.35. The number of halogens is 2. The Morgan fingerprint density at radius 2 is 2.00 bits per heavy atom. The second-order valence-corrected chi connectivity index (χ2v) is 4.13. The van der Waals surface area contributed by atoms with Crippen LogP contribution in [0.5, 0.6) is 0 Å². The lowest BCUT2D eigenvalue weighted by molar-refractivity contribution is 0.538. The first-order valence-corrected chi connectivity index (χ1v) is 5.66. The third-order valence-corrected chi connectivity index (χ3v) is 2.67. The van der Waals surface area contributed by atoms with Gasteiger partial charge in [0.15, 0.2) is 0 Å². The molecule has 0 fully saturated rings. The van der Waals surface area contributed by atoms with Crippen LogP contribution in [-0.2, 0) is 0 Å². The molecule has 0 saturated heterocycles. The molecule has 0 saturated carbocycles. The monoisotopic (exact) mass is 245 g/mol. The molecule has 0 spiro atoms. The zero-order valence-corrected chi connectivity index (χ0v) is 10.8. The Morgan fingerprint density at radius 3 is 2.62 bits per heavy atom. The van der Waals surface area contributed by atoms with Gasteiger partial charge >= 0.3 is 0 Å². The smallest absolute Gasteiger partial charge is 0.127 e. The molecule has 1 aromatic rings. The van der Waals surface area contributed by atoms with Crippen molar-refractivity contribution in [2.75, 3.05) is 0 Å². The largest absolute Gasteiger partial charge is 0.324 e. The molecule has 0 radical (unpaired) electrons. The van der Waals surface area contributed by atoms with E-state index in [2.05, 4.69) is 6.92 Å². The molecule has 0 heterocycles. The highest BCUT2D eigenvalue weighted by Gasteiger charge is 2.10. The van der Waals surface area contributed by atoms with Crippen LogP contribution in [0.2, 0.25) is 0 Å². The molecule has 1 nitrogen and oxygen atoms in total. The van der Waals surface area contributed by atoms with Gasteiger partial charge in [0.1, 0.15) is 5.82 Å². The minimum absolute atomic E-state index is 0. The van der Waals surface area contributed by atoms with Crippen LogP contribution >= 0.6 is 12.4 Å². The number of nitrogens with two attached hydrogens (primary N) is 1. The maximum Gasteiger partial charge on any atom is 0.127 e. The van der Waals surface area contributed by atoms with Gasteiger partial charge in [-0.1, -0.05) is 43.9 Å². The predicted octanol–water partition coefficient (Wildman–Crippen LogP) is 4.14. The number of hydrogen-bond acceptors (Lipinski definition) is 1. The van der Waals surface area contributed by atoms with Crippen LogP contribution in [0.25, 0.3) is 0 Å². The molecule has 3 heteroatoms. The maximum atomic E-state index is 13.4. The minimum atomic E-state index is -0.176. The average molecular weight is 246 g/mol. The van der Waals surface area contributed by atoms with E-state index in [4.69, 9.17) is 5.73 Å². The highest BCUT2D eigenvalue weighted by molar-refractivity contribution is 5.85. The third kappa shape index (κ3) is 4.50. The molecule has 0 amide bonds. The summed E-state index contributed by atoms with van der Waals surface area (Å²) in [5.41, 5.74) is 7.69. The highest BCUT2D eigenvalue weighted by atomic mass is 35.5. The summed E-state index contributed by atoms with van der Waals surface area (Å²) in [5, 5.41) is 0. The predicted molar refractivity (Wildman–Crippen MR) is 69.5 cm³/mol. The molecule has 1 rings (SSSR count). The van der Waals surface area contributed by atoms with Crippen molar-refractivity contribution in [3.05, 3.63) is 35.1 Å². The number of unbranched alkanes of at least 4 members (excludes halogenated alkanes) is 2. The van der Waals surface area contributed by atoms with Gasteiger partial charge in [0, 0.05) is 11.6 Å². The standard InChI is InChI=1S/C13H20FN.ClH/c1-3-4-5-6-13(15)11-9-10(2)7-8-12(11)14;/h7-9,13H,3-6,15H2,1-2H3;1H/t13-;/m0./s1. The quantitative estimate of drug-likeness (QED) is 0.776. The molecule has 16 heavy (non-hydrogen) atoms. The lowest BCUT2D eigenvalue weighted by atomic mass is 9.99. The topological polar surface area (TPSA) is 26.0 Å². The molecule has 0 aromatic heterocycles. The van der Waals surface area contributed by atoms with Crippen molar-refractivity contribution in [2.45, 2.75) is 45.6 Å². The fourth-order valence-corrected chi connectivity index (χ4v) is 1.72. The molecular formula is C13H21ClFN. The van der Waals surface area contributed by atoms with E-state index in [1.54, 1.807) is 6.07 Å². The van der Waals surface area contributed by atoms with Crippen LogP contribution in [-0.4, -0.2) is 0 Å². The van der Waals surface area contributed by atoms with Crippen LogP contribution < -0.4 is 5.73 Å². The van der Waals surface area contributed by atoms with Crippen LogP contribution in [0.3, 0.4) is 0 Å². The minimum Gasteiger partial charge on any atom is -0.324 e. The van der Waals surface area contributed by atoms with Crippen LogP contribution in [0.15, 0.2) is 18.2 Å². The number of benzene rings is 1. The summed E-state index contributed by atoms with van der Waals surface area (Å²) in [6.07, 6.45) is 4.28. The normalized spacial score (nSPS) is 12.0. The first kappa shape index (κ1) is 15.4. The molecule has 0 unspecified atom stereocenters. The zero-order chi connectivity index (χ0) is 11.3. The Labute approximate surface area is 104 Å². The van der Waals surface area contributed by atoms with Crippen molar-refractivity contribution in [3.63, 3.8) is 0 Å². The average Bonchev–Trinajstić information content (AvgIpc) is 2.22. The van der Waals surface area contributed by atoms with Crippen LogP contribution in [0.1, 0.15) is 49.8 Å². The van der Waals surface area contributed by atoms with Crippen LogP contribution in [0.4, 0.5) is 4.39 Å². The molecule has 0 aliphatic carbocycles. The van der Waals surface area contributed by atoms with Gasteiger partial charge < -0.3 is 5.73 Å². The Balaban J connectivity index is 0.00000225. The van der Waals surface area contributed by atoms with Gasteiger partial charge in [-0.15, -0.1) is 12.4 Å². The van der Waals surface area contributed by atoms with E-state index >= 15 is 0 Å². The fraction of sp³-hybridized carbons (Fsp3) is 0.538. The van der Waals surface area contributed by atoms with Gasteiger partial charge in [-0.3, -0.25) is 0 Å². The van der Waals surface area contributed by atoms with Gasteiger partial charge in [-0.05, 0) is 19.4 Å². The second-order valence-electron chi connectivity index (χ2n) is 4.13. The van der Waals surface area contributed by atoms with Gasteiger partial charge in [-0.2, -0.15) is 0 Å². The first-order valence-electron chi connectivity index (χ1n) is 5.66. The first-order chi connectivity index (χ1) is 7.15. The van der Waals surface area contributed by atoms with Gasteiger partial charge in [0.25, 0.3) is 0 Å².